The average Bonchev–Trinajstić information content (AvgIpc) is 2.32. The molecule has 1 aromatic heterocycles. The predicted octanol–water partition coefficient (Wildman–Crippen LogP) is 3.51. The van der Waals surface area contributed by atoms with Crippen LogP contribution in [0.5, 0.6) is 0 Å². The third-order valence-corrected chi connectivity index (χ3v) is 3.06. The summed E-state index contributed by atoms with van der Waals surface area (Å²) in [6.45, 7) is 0. The number of nitrogens with zero attached hydrogens (tertiary/aromatic N) is 2. The minimum atomic E-state index is 0.205. The van der Waals surface area contributed by atoms with Crippen molar-refractivity contribution in [2.45, 2.75) is 0 Å². The second-order valence-electron chi connectivity index (χ2n) is 3.36. The molecule has 2 rings (SSSR count). The van der Waals surface area contributed by atoms with E-state index in [1.54, 1.807) is 30.5 Å². The first-order valence-corrected chi connectivity index (χ1v) is 5.49. The number of nitriles is 1. The van der Waals surface area contributed by atoms with E-state index in [0.29, 0.717) is 21.2 Å². The Labute approximate surface area is 108 Å². The molecule has 0 spiro atoms. The van der Waals surface area contributed by atoms with Crippen molar-refractivity contribution in [2.75, 3.05) is 5.73 Å². The van der Waals surface area contributed by atoms with Crippen molar-refractivity contribution >= 4 is 29.0 Å². The van der Waals surface area contributed by atoms with E-state index in [1.807, 2.05) is 6.07 Å². The van der Waals surface area contributed by atoms with Crippen LogP contribution in [0.15, 0.2) is 30.5 Å². The second kappa shape index (κ2) is 4.62. The van der Waals surface area contributed by atoms with Crippen molar-refractivity contribution in [1.29, 1.82) is 5.26 Å². The summed E-state index contributed by atoms with van der Waals surface area (Å²) < 4.78 is 0. The van der Waals surface area contributed by atoms with Crippen LogP contribution in [-0.4, -0.2) is 4.98 Å². The van der Waals surface area contributed by atoms with Gasteiger partial charge in [0.1, 0.15) is 17.5 Å². The van der Waals surface area contributed by atoms with E-state index in [-0.39, 0.29) is 5.82 Å². The number of hydrogen-bond acceptors (Lipinski definition) is 3. The van der Waals surface area contributed by atoms with Crippen molar-refractivity contribution in [3.05, 3.63) is 46.1 Å². The Morgan fingerprint density at radius 3 is 2.59 bits per heavy atom. The van der Waals surface area contributed by atoms with Crippen LogP contribution in [0.3, 0.4) is 0 Å². The summed E-state index contributed by atoms with van der Waals surface area (Å²) in [4.78, 5) is 3.87. The number of benzene rings is 1. The van der Waals surface area contributed by atoms with Crippen LogP contribution < -0.4 is 5.73 Å². The molecule has 0 atom stereocenters. The Morgan fingerprint density at radius 2 is 1.94 bits per heavy atom. The van der Waals surface area contributed by atoms with E-state index in [2.05, 4.69) is 4.98 Å². The fraction of sp³-hybridized carbons (Fsp3) is 0. The van der Waals surface area contributed by atoms with E-state index in [1.165, 1.54) is 0 Å². The molecule has 0 bridgehead atoms. The van der Waals surface area contributed by atoms with Crippen molar-refractivity contribution < 1.29 is 0 Å². The van der Waals surface area contributed by atoms with Gasteiger partial charge >= 0.3 is 0 Å². The quantitative estimate of drug-likeness (QED) is 0.857. The molecular weight excluding hydrogens is 257 g/mol. The number of nitrogens with two attached hydrogens (primary N) is 1. The first kappa shape index (κ1) is 11.7. The van der Waals surface area contributed by atoms with E-state index in [4.69, 9.17) is 34.2 Å². The molecule has 0 unspecified atom stereocenters. The van der Waals surface area contributed by atoms with Gasteiger partial charge in [0.25, 0.3) is 0 Å². The molecule has 5 heteroatoms. The molecule has 2 aromatic rings. The number of rotatable bonds is 1. The lowest BCUT2D eigenvalue weighted by Crippen LogP contribution is -1.96. The summed E-state index contributed by atoms with van der Waals surface area (Å²) >= 11 is 11.8. The molecule has 0 fully saturated rings. The minimum absolute atomic E-state index is 0.205. The van der Waals surface area contributed by atoms with Crippen LogP contribution in [-0.2, 0) is 0 Å². The molecule has 3 nitrogen and oxygen atoms in total. The Balaban J connectivity index is 2.65. The van der Waals surface area contributed by atoms with Gasteiger partial charge in [0.05, 0.1) is 10.0 Å². The summed E-state index contributed by atoms with van der Waals surface area (Å²) in [5, 5.41) is 9.96. The van der Waals surface area contributed by atoms with Crippen LogP contribution >= 0.6 is 23.2 Å². The van der Waals surface area contributed by atoms with Gasteiger partial charge in [0.2, 0.25) is 0 Å². The number of hydrogen-bond donors (Lipinski definition) is 1. The standard InChI is InChI=1S/C12H7Cl2N3/c13-10-2-1-7(5-11(10)14)8-3-4-17-12(16)9(8)6-15/h1-5H,(H2,16,17). The van der Waals surface area contributed by atoms with Crippen LogP contribution in [0.2, 0.25) is 10.0 Å². The van der Waals surface area contributed by atoms with E-state index < -0.39 is 0 Å². The largest absolute Gasteiger partial charge is 0.383 e. The first-order chi connectivity index (χ1) is 8.13. The molecule has 1 heterocycles. The van der Waals surface area contributed by atoms with Crippen molar-refractivity contribution in [1.82, 2.24) is 4.98 Å². The highest BCUT2D eigenvalue weighted by Gasteiger charge is 2.10. The molecule has 0 saturated carbocycles. The Bertz CT molecular complexity index is 618. The first-order valence-electron chi connectivity index (χ1n) is 4.73. The summed E-state index contributed by atoms with van der Waals surface area (Å²) in [6.07, 6.45) is 1.55. The van der Waals surface area contributed by atoms with Crippen LogP contribution in [0.1, 0.15) is 5.56 Å². The monoisotopic (exact) mass is 263 g/mol. The van der Waals surface area contributed by atoms with Crippen molar-refractivity contribution in [3.8, 4) is 17.2 Å². The number of aromatic nitrogens is 1. The van der Waals surface area contributed by atoms with Gasteiger partial charge in [-0.2, -0.15) is 5.26 Å². The lowest BCUT2D eigenvalue weighted by molar-refractivity contribution is 1.31. The van der Waals surface area contributed by atoms with Gasteiger partial charge in [0.15, 0.2) is 0 Å². The van der Waals surface area contributed by atoms with E-state index in [0.717, 1.165) is 5.56 Å². The number of anilines is 1. The molecular formula is C12H7Cl2N3. The molecule has 0 radical (unpaired) electrons. The predicted molar refractivity (Wildman–Crippen MR) is 68.8 cm³/mol. The Kier molecular flexibility index (Phi) is 3.19. The van der Waals surface area contributed by atoms with Crippen molar-refractivity contribution in [3.63, 3.8) is 0 Å². The molecule has 0 saturated heterocycles. The number of pyridine rings is 1. The molecule has 0 aliphatic carbocycles. The zero-order valence-electron chi connectivity index (χ0n) is 8.61. The van der Waals surface area contributed by atoms with Gasteiger partial charge in [-0.25, -0.2) is 4.98 Å². The summed E-state index contributed by atoms with van der Waals surface area (Å²) in [7, 11) is 0. The van der Waals surface area contributed by atoms with Gasteiger partial charge in [0, 0.05) is 11.8 Å². The smallest absolute Gasteiger partial charge is 0.141 e. The fourth-order valence-electron chi connectivity index (χ4n) is 1.50. The highest BCUT2D eigenvalue weighted by molar-refractivity contribution is 6.42. The zero-order chi connectivity index (χ0) is 12.4. The maximum atomic E-state index is 9.06. The zero-order valence-corrected chi connectivity index (χ0v) is 10.1. The topological polar surface area (TPSA) is 62.7 Å². The highest BCUT2D eigenvalue weighted by Crippen LogP contribution is 2.31. The maximum Gasteiger partial charge on any atom is 0.141 e. The molecule has 17 heavy (non-hydrogen) atoms. The normalized spacial score (nSPS) is 9.94. The number of nitrogen functional groups attached to an aromatic ring is 1. The fourth-order valence-corrected chi connectivity index (χ4v) is 1.80. The molecule has 0 aliphatic heterocycles. The minimum Gasteiger partial charge on any atom is -0.383 e. The molecule has 2 N–H and O–H groups in total. The molecule has 0 amide bonds. The van der Waals surface area contributed by atoms with Gasteiger partial charge < -0.3 is 5.73 Å². The third-order valence-electron chi connectivity index (χ3n) is 2.32. The van der Waals surface area contributed by atoms with E-state index >= 15 is 0 Å². The summed E-state index contributed by atoms with van der Waals surface area (Å²) in [6, 6.07) is 8.90. The van der Waals surface area contributed by atoms with Crippen LogP contribution in [0, 0.1) is 11.3 Å². The Morgan fingerprint density at radius 1 is 1.18 bits per heavy atom. The van der Waals surface area contributed by atoms with Gasteiger partial charge in [-0.05, 0) is 23.8 Å². The lowest BCUT2D eigenvalue weighted by atomic mass is 10.0. The second-order valence-corrected chi connectivity index (χ2v) is 4.17. The van der Waals surface area contributed by atoms with Gasteiger partial charge in [-0.15, -0.1) is 0 Å². The van der Waals surface area contributed by atoms with Gasteiger partial charge in [-0.3, -0.25) is 0 Å². The Hall–Kier alpha value is -1.76. The molecule has 1 aromatic carbocycles. The van der Waals surface area contributed by atoms with E-state index in [9.17, 15) is 0 Å². The molecule has 84 valence electrons. The molecule has 0 aliphatic rings. The van der Waals surface area contributed by atoms with Gasteiger partial charge in [-0.1, -0.05) is 29.3 Å². The highest BCUT2D eigenvalue weighted by atomic mass is 35.5. The SMILES string of the molecule is N#Cc1c(-c2ccc(Cl)c(Cl)c2)ccnc1N. The van der Waals surface area contributed by atoms with Crippen molar-refractivity contribution in [2.24, 2.45) is 0 Å². The maximum absolute atomic E-state index is 9.06. The number of halogens is 2. The summed E-state index contributed by atoms with van der Waals surface area (Å²) in [5.74, 6) is 0.205. The van der Waals surface area contributed by atoms with Crippen LogP contribution in [0.4, 0.5) is 5.82 Å². The third kappa shape index (κ3) is 2.19. The van der Waals surface area contributed by atoms with Crippen LogP contribution in [0.25, 0.3) is 11.1 Å². The summed E-state index contributed by atoms with van der Waals surface area (Å²) in [5.41, 5.74) is 7.46. The lowest BCUT2D eigenvalue weighted by Gasteiger charge is -2.06. The average molecular weight is 264 g/mol.